The van der Waals surface area contributed by atoms with Crippen molar-refractivity contribution >= 4 is 35.8 Å². The Hall–Kier alpha value is -1.46. The number of carbonyl (C=O) groups excluding carboxylic acids is 1. The predicted molar refractivity (Wildman–Crippen MR) is 85.8 cm³/mol. The summed E-state index contributed by atoms with van der Waals surface area (Å²) in [5.41, 5.74) is 0. The molecule has 1 rings (SSSR count). The molecule has 21 heavy (non-hydrogen) atoms. The second-order valence-electron chi connectivity index (χ2n) is 4.10. The van der Waals surface area contributed by atoms with Gasteiger partial charge in [-0.05, 0) is 0 Å². The van der Waals surface area contributed by atoms with E-state index in [4.69, 9.17) is 0 Å². The number of carbonyl (C=O) groups is 1. The number of nitrogens with one attached hydrogen (secondary N) is 2. The molecule has 0 unspecified atom stereocenters. The van der Waals surface area contributed by atoms with Crippen LogP contribution < -0.4 is 10.6 Å². The Bertz CT molecular complexity index is 477. The van der Waals surface area contributed by atoms with Gasteiger partial charge in [0.25, 0.3) is 0 Å². The topological polar surface area (TPSA) is 74.6 Å². The van der Waals surface area contributed by atoms with Gasteiger partial charge in [0.2, 0.25) is 5.91 Å². The number of rotatable bonds is 5. The number of aliphatic imine (C=N–C) groups is 1. The van der Waals surface area contributed by atoms with Crippen LogP contribution in [0.2, 0.25) is 0 Å². The lowest BCUT2D eigenvalue weighted by Gasteiger charge is -2.14. The Balaban J connectivity index is 0.00000400. The quantitative estimate of drug-likeness (QED) is 0.420. The molecule has 0 atom stereocenters. The van der Waals surface area contributed by atoms with E-state index in [2.05, 4.69) is 20.6 Å². The van der Waals surface area contributed by atoms with Crippen LogP contribution in [0.25, 0.3) is 0 Å². The first-order chi connectivity index (χ1) is 9.45. The number of alkyl halides is 2. The fraction of sp³-hybridized carbons (Fsp3) is 0.545. The third-order valence-corrected chi connectivity index (χ3v) is 2.50. The first-order valence-electron chi connectivity index (χ1n) is 5.90. The highest BCUT2D eigenvalue weighted by atomic mass is 127. The first kappa shape index (κ1) is 19.5. The van der Waals surface area contributed by atoms with Gasteiger partial charge in [0.15, 0.2) is 5.96 Å². The minimum Gasteiger partial charge on any atom is -0.349 e. The van der Waals surface area contributed by atoms with Crippen molar-refractivity contribution in [3.05, 3.63) is 18.2 Å². The van der Waals surface area contributed by atoms with E-state index in [9.17, 15) is 13.6 Å². The minimum absolute atomic E-state index is 0. The Kier molecular flexibility index (Phi) is 8.81. The summed E-state index contributed by atoms with van der Waals surface area (Å²) in [6.07, 6.45) is 2.50. The number of nitrogens with zero attached hydrogens (tertiary/aromatic N) is 4. The van der Waals surface area contributed by atoms with Crippen LogP contribution in [0.4, 0.5) is 8.78 Å². The number of imidazole rings is 1. The van der Waals surface area contributed by atoms with Crippen LogP contribution in [0.15, 0.2) is 17.4 Å². The fourth-order valence-corrected chi connectivity index (χ4v) is 1.36. The largest absolute Gasteiger partial charge is 0.349 e. The van der Waals surface area contributed by atoms with Gasteiger partial charge >= 0.3 is 6.55 Å². The summed E-state index contributed by atoms with van der Waals surface area (Å²) in [5.74, 6) is 0.396. The number of hydrogen-bond donors (Lipinski definition) is 2. The highest BCUT2D eigenvalue weighted by molar-refractivity contribution is 14.0. The molecular weight excluding hydrogens is 397 g/mol. The highest BCUT2D eigenvalue weighted by Crippen LogP contribution is 2.11. The van der Waals surface area contributed by atoms with Gasteiger partial charge in [0.1, 0.15) is 5.82 Å². The Morgan fingerprint density at radius 1 is 1.48 bits per heavy atom. The Morgan fingerprint density at radius 2 is 2.14 bits per heavy atom. The number of halogens is 3. The molecule has 0 saturated heterocycles. The maximum Gasteiger partial charge on any atom is 0.319 e. The van der Waals surface area contributed by atoms with Gasteiger partial charge in [0, 0.05) is 33.5 Å². The van der Waals surface area contributed by atoms with Crippen LogP contribution in [-0.2, 0) is 11.3 Å². The lowest BCUT2D eigenvalue weighted by atomic mass is 10.5. The van der Waals surface area contributed by atoms with Crippen molar-refractivity contribution in [1.82, 2.24) is 25.1 Å². The second kappa shape index (κ2) is 9.47. The normalized spacial score (nSPS) is 11.0. The molecule has 0 aliphatic rings. The smallest absolute Gasteiger partial charge is 0.319 e. The van der Waals surface area contributed by atoms with Crippen LogP contribution in [0.5, 0.6) is 0 Å². The van der Waals surface area contributed by atoms with Gasteiger partial charge in [-0.25, -0.2) is 4.98 Å². The van der Waals surface area contributed by atoms with Gasteiger partial charge in [-0.2, -0.15) is 8.78 Å². The van der Waals surface area contributed by atoms with Crippen molar-refractivity contribution < 1.29 is 13.6 Å². The summed E-state index contributed by atoms with van der Waals surface area (Å²) < 4.78 is 26.0. The molecular formula is C11H19F2IN6O. The van der Waals surface area contributed by atoms with Crippen molar-refractivity contribution in [2.24, 2.45) is 4.99 Å². The summed E-state index contributed by atoms with van der Waals surface area (Å²) in [6.45, 7) is -2.50. The van der Waals surface area contributed by atoms with E-state index in [0.717, 1.165) is 4.57 Å². The monoisotopic (exact) mass is 416 g/mol. The summed E-state index contributed by atoms with van der Waals surface area (Å²) >= 11 is 0. The summed E-state index contributed by atoms with van der Waals surface area (Å²) in [4.78, 5) is 20.6. The van der Waals surface area contributed by atoms with E-state index in [-0.39, 0.29) is 48.8 Å². The molecule has 0 bridgehead atoms. The molecule has 0 saturated carbocycles. The van der Waals surface area contributed by atoms with Crippen LogP contribution >= 0.6 is 24.0 Å². The van der Waals surface area contributed by atoms with E-state index < -0.39 is 6.55 Å². The molecule has 1 heterocycles. The molecule has 1 amide bonds. The zero-order valence-corrected chi connectivity index (χ0v) is 14.3. The fourth-order valence-electron chi connectivity index (χ4n) is 1.36. The summed E-state index contributed by atoms with van der Waals surface area (Å²) in [7, 11) is 4.80. The Labute approximate surface area is 138 Å². The average Bonchev–Trinajstić information content (AvgIpc) is 2.87. The average molecular weight is 416 g/mol. The van der Waals surface area contributed by atoms with Gasteiger partial charge in [0.05, 0.1) is 13.1 Å². The zero-order valence-electron chi connectivity index (χ0n) is 12.0. The van der Waals surface area contributed by atoms with Crippen molar-refractivity contribution in [3.8, 4) is 0 Å². The second-order valence-corrected chi connectivity index (χ2v) is 4.10. The van der Waals surface area contributed by atoms with Gasteiger partial charge in [-0.1, -0.05) is 0 Å². The SMILES string of the molecule is CN=C(NCC(=O)N(C)C)NCc1nccn1C(F)F.I. The van der Waals surface area contributed by atoms with E-state index >= 15 is 0 Å². The van der Waals surface area contributed by atoms with Gasteiger partial charge in [-0.15, -0.1) is 24.0 Å². The lowest BCUT2D eigenvalue weighted by molar-refractivity contribution is -0.127. The standard InChI is InChI=1S/C11H18F2N6O.HI/c1-14-11(17-7-9(20)18(2)3)16-6-8-15-4-5-19(8)10(12)13;/h4-5,10H,6-7H2,1-3H3,(H2,14,16,17);1H. The van der Waals surface area contributed by atoms with E-state index in [1.54, 1.807) is 14.1 Å². The van der Waals surface area contributed by atoms with E-state index in [0.29, 0.717) is 5.96 Å². The molecule has 0 aromatic carbocycles. The predicted octanol–water partition coefficient (Wildman–Crippen LogP) is 0.649. The van der Waals surface area contributed by atoms with Crippen molar-refractivity contribution in [3.63, 3.8) is 0 Å². The molecule has 1 aromatic heterocycles. The van der Waals surface area contributed by atoms with Crippen LogP contribution in [0, 0.1) is 0 Å². The molecule has 7 nitrogen and oxygen atoms in total. The van der Waals surface area contributed by atoms with Crippen LogP contribution in [-0.4, -0.2) is 54.0 Å². The third kappa shape index (κ3) is 6.23. The first-order valence-corrected chi connectivity index (χ1v) is 5.90. The molecule has 0 aliphatic heterocycles. The molecule has 10 heteroatoms. The molecule has 0 aliphatic carbocycles. The van der Waals surface area contributed by atoms with Crippen molar-refractivity contribution in [2.45, 2.75) is 13.1 Å². The molecule has 1 aromatic rings. The maximum atomic E-state index is 12.6. The highest BCUT2D eigenvalue weighted by Gasteiger charge is 2.12. The number of hydrogen-bond acceptors (Lipinski definition) is 3. The third-order valence-electron chi connectivity index (χ3n) is 2.50. The molecule has 2 N–H and O–H groups in total. The van der Waals surface area contributed by atoms with Gasteiger partial charge < -0.3 is 15.5 Å². The van der Waals surface area contributed by atoms with Crippen LogP contribution in [0.1, 0.15) is 12.4 Å². The lowest BCUT2D eigenvalue weighted by Crippen LogP contribution is -2.42. The van der Waals surface area contributed by atoms with E-state index in [1.807, 2.05) is 0 Å². The van der Waals surface area contributed by atoms with Crippen molar-refractivity contribution in [2.75, 3.05) is 27.7 Å². The number of likely N-dealkylation sites (N-methyl/N-ethyl adjacent to an activating group) is 1. The van der Waals surface area contributed by atoms with Crippen LogP contribution in [0.3, 0.4) is 0 Å². The van der Waals surface area contributed by atoms with Crippen molar-refractivity contribution in [1.29, 1.82) is 0 Å². The number of aromatic nitrogens is 2. The molecule has 0 fully saturated rings. The molecule has 0 radical (unpaired) electrons. The summed E-state index contributed by atoms with van der Waals surface area (Å²) in [6, 6.07) is 0. The zero-order chi connectivity index (χ0) is 15.1. The number of amides is 1. The van der Waals surface area contributed by atoms with Gasteiger partial charge in [-0.3, -0.25) is 14.4 Å². The summed E-state index contributed by atoms with van der Waals surface area (Å²) in [5, 5.41) is 5.60. The Morgan fingerprint density at radius 3 is 2.67 bits per heavy atom. The molecule has 120 valence electrons. The number of guanidine groups is 1. The minimum atomic E-state index is -2.64. The maximum absolute atomic E-state index is 12.6. The molecule has 0 spiro atoms. The van der Waals surface area contributed by atoms with E-state index in [1.165, 1.54) is 24.3 Å².